The van der Waals surface area contributed by atoms with Crippen LogP contribution in [0.3, 0.4) is 0 Å². The normalized spacial score (nSPS) is 23.8. The maximum absolute atomic E-state index is 3.41. The lowest BCUT2D eigenvalue weighted by Gasteiger charge is -2.35. The van der Waals surface area contributed by atoms with Crippen LogP contribution in [0.5, 0.6) is 0 Å². The summed E-state index contributed by atoms with van der Waals surface area (Å²) in [5, 5.41) is 3.41. The Morgan fingerprint density at radius 1 is 1.11 bits per heavy atom. The zero-order valence-electron chi connectivity index (χ0n) is 12.9. The Labute approximate surface area is 118 Å². The minimum Gasteiger partial charge on any atom is -0.317 e. The highest BCUT2D eigenvalue weighted by molar-refractivity contribution is 5.33. The Balaban J connectivity index is 1.96. The highest BCUT2D eigenvalue weighted by atomic mass is 15.1. The Kier molecular flexibility index (Phi) is 5.00. The third-order valence-corrected chi connectivity index (χ3v) is 4.78. The van der Waals surface area contributed by atoms with Crippen LogP contribution in [0.4, 0.5) is 0 Å². The van der Waals surface area contributed by atoms with Gasteiger partial charge in [-0.05, 0) is 70.3 Å². The van der Waals surface area contributed by atoms with Crippen molar-refractivity contribution in [3.05, 3.63) is 34.9 Å². The van der Waals surface area contributed by atoms with Gasteiger partial charge in [-0.1, -0.05) is 18.2 Å². The lowest BCUT2D eigenvalue weighted by atomic mass is 9.90. The molecule has 0 bridgehead atoms. The molecule has 1 aliphatic carbocycles. The van der Waals surface area contributed by atoms with E-state index in [1.165, 1.54) is 42.4 Å². The lowest BCUT2D eigenvalue weighted by molar-refractivity contribution is 0.169. The van der Waals surface area contributed by atoms with Crippen LogP contribution in [0.15, 0.2) is 18.2 Å². The first-order valence-corrected chi connectivity index (χ1v) is 7.54. The van der Waals surface area contributed by atoms with E-state index in [1.807, 2.05) is 0 Å². The van der Waals surface area contributed by atoms with Crippen LogP contribution in [-0.2, 0) is 6.54 Å². The second kappa shape index (κ2) is 6.53. The fraction of sp³-hybridized carbons (Fsp3) is 0.647. The molecule has 1 fully saturated rings. The molecular formula is C17H28N2. The third kappa shape index (κ3) is 3.58. The maximum Gasteiger partial charge on any atom is 0.0238 e. The average Bonchev–Trinajstić information content (AvgIpc) is 2.43. The summed E-state index contributed by atoms with van der Waals surface area (Å²) in [6.07, 6.45) is 5.29. The first-order valence-electron chi connectivity index (χ1n) is 7.54. The third-order valence-electron chi connectivity index (χ3n) is 4.78. The van der Waals surface area contributed by atoms with Gasteiger partial charge in [-0.15, -0.1) is 0 Å². The lowest BCUT2D eigenvalue weighted by Crippen LogP contribution is -2.39. The number of nitrogens with zero attached hydrogens (tertiary/aromatic N) is 1. The predicted molar refractivity (Wildman–Crippen MR) is 82.5 cm³/mol. The van der Waals surface area contributed by atoms with E-state index in [1.54, 1.807) is 0 Å². The molecule has 1 aromatic rings. The number of hydrogen-bond donors (Lipinski definition) is 1. The van der Waals surface area contributed by atoms with E-state index >= 15 is 0 Å². The average molecular weight is 260 g/mol. The molecule has 0 atom stereocenters. The highest BCUT2D eigenvalue weighted by Gasteiger charge is 2.23. The van der Waals surface area contributed by atoms with Gasteiger partial charge in [0.05, 0.1) is 0 Å². The molecule has 2 rings (SSSR count). The molecule has 0 radical (unpaired) electrons. The molecule has 0 saturated heterocycles. The van der Waals surface area contributed by atoms with Gasteiger partial charge in [-0.25, -0.2) is 0 Å². The van der Waals surface area contributed by atoms with Gasteiger partial charge >= 0.3 is 0 Å². The minimum absolute atomic E-state index is 0.741. The minimum atomic E-state index is 0.741. The van der Waals surface area contributed by atoms with Gasteiger partial charge in [0.15, 0.2) is 0 Å². The van der Waals surface area contributed by atoms with Crippen LogP contribution in [-0.4, -0.2) is 31.1 Å². The van der Waals surface area contributed by atoms with Crippen molar-refractivity contribution in [2.24, 2.45) is 0 Å². The Morgan fingerprint density at radius 3 is 2.21 bits per heavy atom. The molecule has 19 heavy (non-hydrogen) atoms. The Morgan fingerprint density at radius 2 is 1.68 bits per heavy atom. The molecule has 0 spiro atoms. The fourth-order valence-corrected chi connectivity index (χ4v) is 3.28. The molecule has 2 heteroatoms. The number of aryl methyl sites for hydroxylation is 2. The molecule has 0 unspecified atom stereocenters. The number of benzene rings is 1. The molecule has 1 N–H and O–H groups in total. The van der Waals surface area contributed by atoms with E-state index in [0.717, 1.165) is 18.6 Å². The number of hydrogen-bond acceptors (Lipinski definition) is 2. The predicted octanol–water partition coefficient (Wildman–Crippen LogP) is 3.27. The smallest absolute Gasteiger partial charge is 0.0238 e. The van der Waals surface area contributed by atoms with Crippen LogP contribution in [0.25, 0.3) is 0 Å². The number of nitrogens with one attached hydrogen (secondary N) is 1. The molecule has 1 aliphatic rings. The van der Waals surface area contributed by atoms with Crippen molar-refractivity contribution in [3.63, 3.8) is 0 Å². The summed E-state index contributed by atoms with van der Waals surface area (Å²) in [4.78, 5) is 2.56. The Bertz CT molecular complexity index is 385. The van der Waals surface area contributed by atoms with Crippen LogP contribution in [0.1, 0.15) is 42.4 Å². The number of rotatable bonds is 4. The van der Waals surface area contributed by atoms with Crippen molar-refractivity contribution in [2.75, 3.05) is 14.1 Å². The second-order valence-corrected chi connectivity index (χ2v) is 6.08. The largest absolute Gasteiger partial charge is 0.317 e. The van der Waals surface area contributed by atoms with E-state index in [9.17, 15) is 0 Å². The van der Waals surface area contributed by atoms with E-state index in [0.29, 0.717) is 0 Å². The summed E-state index contributed by atoms with van der Waals surface area (Å²) >= 11 is 0. The topological polar surface area (TPSA) is 15.3 Å². The van der Waals surface area contributed by atoms with Gasteiger partial charge in [0.25, 0.3) is 0 Å². The van der Waals surface area contributed by atoms with Crippen LogP contribution < -0.4 is 5.32 Å². The molecule has 0 amide bonds. The molecule has 0 heterocycles. The molecule has 0 aromatic heterocycles. The summed E-state index contributed by atoms with van der Waals surface area (Å²) in [7, 11) is 4.38. The summed E-state index contributed by atoms with van der Waals surface area (Å²) in [5.74, 6) is 0. The second-order valence-electron chi connectivity index (χ2n) is 6.08. The summed E-state index contributed by atoms with van der Waals surface area (Å²) in [6, 6.07) is 8.11. The molecule has 1 saturated carbocycles. The van der Waals surface area contributed by atoms with Crippen molar-refractivity contribution >= 4 is 0 Å². The van der Waals surface area contributed by atoms with E-state index in [4.69, 9.17) is 0 Å². The first-order chi connectivity index (χ1) is 9.11. The highest BCUT2D eigenvalue weighted by Crippen LogP contribution is 2.24. The summed E-state index contributed by atoms with van der Waals surface area (Å²) < 4.78 is 0. The van der Waals surface area contributed by atoms with Crippen molar-refractivity contribution in [1.82, 2.24) is 10.2 Å². The quantitative estimate of drug-likeness (QED) is 0.894. The van der Waals surface area contributed by atoms with Crippen molar-refractivity contribution in [3.8, 4) is 0 Å². The van der Waals surface area contributed by atoms with Crippen LogP contribution >= 0.6 is 0 Å². The molecular weight excluding hydrogens is 232 g/mol. The molecule has 0 aliphatic heterocycles. The summed E-state index contributed by atoms with van der Waals surface area (Å²) in [5.41, 5.74) is 4.37. The molecule has 2 nitrogen and oxygen atoms in total. The zero-order valence-corrected chi connectivity index (χ0v) is 12.9. The monoisotopic (exact) mass is 260 g/mol. The Hall–Kier alpha value is -0.860. The van der Waals surface area contributed by atoms with E-state index in [-0.39, 0.29) is 0 Å². The van der Waals surface area contributed by atoms with Gasteiger partial charge in [0.2, 0.25) is 0 Å². The van der Waals surface area contributed by atoms with E-state index in [2.05, 4.69) is 56.4 Å². The summed E-state index contributed by atoms with van der Waals surface area (Å²) in [6.45, 7) is 5.55. The van der Waals surface area contributed by atoms with Crippen molar-refractivity contribution < 1.29 is 0 Å². The van der Waals surface area contributed by atoms with Gasteiger partial charge in [0, 0.05) is 18.6 Å². The molecule has 1 aromatic carbocycles. The first kappa shape index (κ1) is 14.5. The van der Waals surface area contributed by atoms with Gasteiger partial charge in [-0.2, -0.15) is 0 Å². The van der Waals surface area contributed by atoms with Crippen LogP contribution in [0, 0.1) is 13.8 Å². The van der Waals surface area contributed by atoms with E-state index < -0.39 is 0 Å². The van der Waals surface area contributed by atoms with Crippen LogP contribution in [0.2, 0.25) is 0 Å². The fourth-order valence-electron chi connectivity index (χ4n) is 3.28. The molecule has 106 valence electrons. The standard InChI is InChI=1S/C17H28N2/c1-13-6-5-7-14(2)17(13)12-19(4)16-10-8-15(18-3)9-11-16/h5-7,15-16,18H,8-12H2,1-4H3. The van der Waals surface area contributed by atoms with Gasteiger partial charge < -0.3 is 5.32 Å². The van der Waals surface area contributed by atoms with Crippen molar-refractivity contribution in [1.29, 1.82) is 0 Å². The SMILES string of the molecule is CNC1CCC(N(C)Cc2c(C)cccc2C)CC1. The van der Waals surface area contributed by atoms with Crippen molar-refractivity contribution in [2.45, 2.75) is 58.2 Å². The maximum atomic E-state index is 3.41. The zero-order chi connectivity index (χ0) is 13.8. The van der Waals surface area contributed by atoms with Gasteiger partial charge in [0.1, 0.15) is 0 Å². The van der Waals surface area contributed by atoms with Gasteiger partial charge in [-0.3, -0.25) is 4.90 Å².